The third kappa shape index (κ3) is 7.50. The molecular weight excluding hydrogens is 574 g/mol. The van der Waals surface area contributed by atoms with E-state index in [4.69, 9.17) is 18.9 Å². The van der Waals surface area contributed by atoms with Crippen LogP contribution in [-0.4, -0.2) is 73.2 Å². The molecule has 0 fully saturated rings. The monoisotopic (exact) mass is 613 g/mol. The van der Waals surface area contributed by atoms with Gasteiger partial charge in [0.15, 0.2) is 11.5 Å². The van der Waals surface area contributed by atoms with Crippen LogP contribution < -0.4 is 28.6 Å². The molecule has 0 heterocycles. The molecule has 1 atom stereocenters. The average Bonchev–Trinajstić information content (AvgIpc) is 3.02. The lowest BCUT2D eigenvalue weighted by atomic mass is 10.1. The summed E-state index contributed by atoms with van der Waals surface area (Å²) in [5.41, 5.74) is 1.86. The third-order valence-electron chi connectivity index (χ3n) is 6.94. The number of hydrogen-bond acceptors (Lipinski definition) is 8. The highest BCUT2D eigenvalue weighted by Crippen LogP contribution is 2.37. The Bertz CT molecular complexity index is 1540. The topological polar surface area (TPSA) is 124 Å². The van der Waals surface area contributed by atoms with Crippen LogP contribution in [-0.2, 0) is 26.2 Å². The zero-order chi connectivity index (χ0) is 31.7. The molecule has 11 nitrogen and oxygen atoms in total. The van der Waals surface area contributed by atoms with Crippen LogP contribution in [0, 0.1) is 6.92 Å². The number of methoxy groups -OCH3 is 4. The van der Waals surface area contributed by atoms with Crippen LogP contribution in [0.4, 0.5) is 5.69 Å². The molecule has 2 amide bonds. The summed E-state index contributed by atoms with van der Waals surface area (Å²) in [7, 11) is 2.76. The molecular formula is C31H39N3O8S. The molecule has 0 unspecified atom stereocenters. The fourth-order valence-corrected chi connectivity index (χ4v) is 6.14. The number of carbonyl (C=O) groups excluding carboxylic acids is 2. The van der Waals surface area contributed by atoms with Gasteiger partial charge in [-0.25, -0.2) is 8.42 Å². The maximum Gasteiger partial charge on any atom is 0.265 e. The molecule has 3 aromatic carbocycles. The molecule has 3 aromatic rings. The number of anilines is 1. The molecule has 0 aromatic heterocycles. The Kier molecular flexibility index (Phi) is 11.2. The smallest absolute Gasteiger partial charge is 0.265 e. The standard InChI is InChI=1S/C31H39N3O8S/c1-8-25(31(36)32-3)33(19-22-11-9-10-21(2)16-22)30(35)20-34(26-17-23(39-4)12-14-27(26)40-5)43(37,38)24-13-15-28(41-6)29(18-24)42-7/h9-18,25H,8,19-20H2,1-7H3,(H,32,36)/t25-/m0/s1. The second-order valence-electron chi connectivity index (χ2n) is 9.62. The summed E-state index contributed by atoms with van der Waals surface area (Å²) in [5.74, 6) is 0.121. The van der Waals surface area contributed by atoms with E-state index in [1.165, 1.54) is 64.7 Å². The van der Waals surface area contributed by atoms with Gasteiger partial charge in [0.1, 0.15) is 24.1 Å². The molecule has 0 bridgehead atoms. The summed E-state index contributed by atoms with van der Waals surface area (Å²) in [6.07, 6.45) is 0.308. The van der Waals surface area contributed by atoms with Crippen molar-refractivity contribution in [2.45, 2.75) is 37.8 Å². The van der Waals surface area contributed by atoms with Gasteiger partial charge in [-0.3, -0.25) is 13.9 Å². The molecule has 0 saturated carbocycles. The Hall–Kier alpha value is -4.45. The predicted octanol–water partition coefficient (Wildman–Crippen LogP) is 3.78. The summed E-state index contributed by atoms with van der Waals surface area (Å²) in [6.45, 7) is 3.17. The van der Waals surface area contributed by atoms with Crippen LogP contribution in [0.5, 0.6) is 23.0 Å². The van der Waals surface area contributed by atoms with Gasteiger partial charge in [0.05, 0.1) is 39.0 Å². The van der Waals surface area contributed by atoms with Gasteiger partial charge in [0.2, 0.25) is 11.8 Å². The lowest BCUT2D eigenvalue weighted by Crippen LogP contribution is -2.51. The molecule has 232 valence electrons. The Morgan fingerprint density at radius 2 is 1.53 bits per heavy atom. The van der Waals surface area contributed by atoms with Crippen molar-refractivity contribution in [2.75, 3.05) is 46.3 Å². The van der Waals surface area contributed by atoms with Crippen molar-refractivity contribution in [2.24, 2.45) is 0 Å². The van der Waals surface area contributed by atoms with E-state index < -0.39 is 28.5 Å². The van der Waals surface area contributed by atoms with E-state index in [-0.39, 0.29) is 34.5 Å². The quantitative estimate of drug-likeness (QED) is 0.292. The Balaban J connectivity index is 2.20. The van der Waals surface area contributed by atoms with Gasteiger partial charge in [-0.2, -0.15) is 0 Å². The van der Waals surface area contributed by atoms with Gasteiger partial charge >= 0.3 is 0 Å². The number of nitrogens with one attached hydrogen (secondary N) is 1. The van der Waals surface area contributed by atoms with Crippen molar-refractivity contribution in [3.8, 4) is 23.0 Å². The molecule has 0 aliphatic rings. The number of carbonyl (C=O) groups is 2. The van der Waals surface area contributed by atoms with Crippen LogP contribution in [0.15, 0.2) is 65.6 Å². The third-order valence-corrected chi connectivity index (χ3v) is 8.70. The molecule has 43 heavy (non-hydrogen) atoms. The second kappa shape index (κ2) is 14.6. The van der Waals surface area contributed by atoms with E-state index in [1.807, 2.05) is 31.2 Å². The number of aryl methyl sites for hydroxylation is 1. The van der Waals surface area contributed by atoms with Gasteiger partial charge < -0.3 is 29.2 Å². The Labute approximate surface area is 253 Å². The van der Waals surface area contributed by atoms with Crippen LogP contribution in [0.3, 0.4) is 0 Å². The highest BCUT2D eigenvalue weighted by molar-refractivity contribution is 7.92. The predicted molar refractivity (Wildman–Crippen MR) is 163 cm³/mol. The Morgan fingerprint density at radius 1 is 0.860 bits per heavy atom. The molecule has 0 aliphatic carbocycles. The molecule has 1 N–H and O–H groups in total. The Morgan fingerprint density at radius 3 is 2.12 bits per heavy atom. The summed E-state index contributed by atoms with van der Waals surface area (Å²) in [4.78, 5) is 28.4. The number of rotatable bonds is 14. The lowest BCUT2D eigenvalue weighted by molar-refractivity contribution is -0.140. The SMILES string of the molecule is CC[C@@H](C(=O)NC)N(Cc1cccc(C)c1)C(=O)CN(c1cc(OC)ccc1OC)S(=O)(=O)c1ccc(OC)c(OC)c1. The molecule has 0 saturated heterocycles. The van der Waals surface area contributed by atoms with Crippen molar-refractivity contribution in [3.63, 3.8) is 0 Å². The number of sulfonamides is 1. The van der Waals surface area contributed by atoms with E-state index in [2.05, 4.69) is 5.32 Å². The molecule has 12 heteroatoms. The first-order valence-electron chi connectivity index (χ1n) is 13.6. The first-order valence-corrected chi connectivity index (χ1v) is 15.0. The zero-order valence-corrected chi connectivity index (χ0v) is 26.4. The first kappa shape index (κ1) is 33.1. The van der Waals surface area contributed by atoms with E-state index in [9.17, 15) is 18.0 Å². The lowest BCUT2D eigenvalue weighted by Gasteiger charge is -2.33. The van der Waals surface area contributed by atoms with Crippen LogP contribution in [0.1, 0.15) is 24.5 Å². The second-order valence-corrected chi connectivity index (χ2v) is 11.5. The van der Waals surface area contributed by atoms with Crippen LogP contribution in [0.25, 0.3) is 0 Å². The van der Waals surface area contributed by atoms with Crippen LogP contribution >= 0.6 is 0 Å². The summed E-state index contributed by atoms with van der Waals surface area (Å²) in [5, 5.41) is 2.62. The van der Waals surface area contributed by atoms with Gasteiger partial charge in [-0.05, 0) is 43.2 Å². The largest absolute Gasteiger partial charge is 0.497 e. The van der Waals surface area contributed by atoms with Crippen molar-refractivity contribution >= 4 is 27.5 Å². The molecule has 0 spiro atoms. The normalized spacial score (nSPS) is 11.7. The maximum absolute atomic E-state index is 14.3. The average molecular weight is 614 g/mol. The van der Waals surface area contributed by atoms with Gasteiger partial charge in [-0.15, -0.1) is 0 Å². The molecule has 0 radical (unpaired) electrons. The van der Waals surface area contributed by atoms with Crippen LogP contribution in [0.2, 0.25) is 0 Å². The minimum absolute atomic E-state index is 0.0773. The summed E-state index contributed by atoms with van der Waals surface area (Å²) < 4.78 is 51.2. The number of hydrogen-bond donors (Lipinski definition) is 1. The number of ether oxygens (including phenoxy) is 4. The minimum atomic E-state index is -4.42. The highest BCUT2D eigenvalue weighted by Gasteiger charge is 2.35. The van der Waals surface area contributed by atoms with E-state index >= 15 is 0 Å². The van der Waals surface area contributed by atoms with Crippen molar-refractivity contribution in [3.05, 3.63) is 71.8 Å². The number of nitrogens with zero attached hydrogens (tertiary/aromatic N) is 2. The van der Waals surface area contributed by atoms with Gasteiger partial charge in [-0.1, -0.05) is 36.8 Å². The fourth-order valence-electron chi connectivity index (χ4n) is 4.70. The minimum Gasteiger partial charge on any atom is -0.497 e. The molecule has 3 rings (SSSR count). The molecule has 0 aliphatic heterocycles. The van der Waals surface area contributed by atoms with Gasteiger partial charge in [0.25, 0.3) is 10.0 Å². The van der Waals surface area contributed by atoms with E-state index in [1.54, 1.807) is 19.1 Å². The van der Waals surface area contributed by atoms with Crippen molar-refractivity contribution in [1.82, 2.24) is 10.2 Å². The van der Waals surface area contributed by atoms with E-state index in [0.29, 0.717) is 17.9 Å². The van der Waals surface area contributed by atoms with Crippen molar-refractivity contribution in [1.29, 1.82) is 0 Å². The number of amides is 2. The summed E-state index contributed by atoms with van der Waals surface area (Å²) in [6, 6.07) is 15.5. The van der Waals surface area contributed by atoms with Crippen molar-refractivity contribution < 1.29 is 37.0 Å². The highest BCUT2D eigenvalue weighted by atomic mass is 32.2. The first-order chi connectivity index (χ1) is 20.5. The number of benzene rings is 3. The maximum atomic E-state index is 14.3. The zero-order valence-electron chi connectivity index (χ0n) is 25.5. The van der Waals surface area contributed by atoms with E-state index in [0.717, 1.165) is 15.4 Å². The summed E-state index contributed by atoms with van der Waals surface area (Å²) >= 11 is 0. The number of likely N-dealkylation sites (N-methyl/N-ethyl adjacent to an activating group) is 1. The fraction of sp³-hybridized carbons (Fsp3) is 0.355. The van der Waals surface area contributed by atoms with Gasteiger partial charge in [0, 0.05) is 25.7 Å².